The molecule has 1 aromatic heterocycles. The minimum Gasteiger partial charge on any atom is -0.507 e. The molecule has 0 fully saturated rings. The van der Waals surface area contributed by atoms with Gasteiger partial charge in [0.15, 0.2) is 0 Å². The molecule has 3 rings (SSSR count). The highest BCUT2D eigenvalue weighted by Gasteiger charge is 2.27. The van der Waals surface area contributed by atoms with E-state index < -0.39 is 0 Å². The van der Waals surface area contributed by atoms with Gasteiger partial charge in [0.25, 0.3) is 5.91 Å². The second-order valence-electron chi connectivity index (χ2n) is 10.1. The van der Waals surface area contributed by atoms with Crippen LogP contribution in [0.1, 0.15) is 74.1 Å². The van der Waals surface area contributed by atoms with Gasteiger partial charge in [-0.15, -0.1) is 11.3 Å². The Morgan fingerprint density at radius 3 is 1.94 bits per heavy atom. The van der Waals surface area contributed by atoms with Crippen LogP contribution in [0.4, 0.5) is 11.4 Å². The molecule has 1 amide bonds. The number of nitrogens with two attached hydrogens (primary N) is 1. The Labute approximate surface area is 194 Å². The van der Waals surface area contributed by atoms with Crippen LogP contribution in [0.3, 0.4) is 0 Å². The first-order valence-electron chi connectivity index (χ1n) is 10.7. The van der Waals surface area contributed by atoms with Gasteiger partial charge in [-0.3, -0.25) is 4.79 Å². The topological polar surface area (TPSA) is 87.4 Å². The van der Waals surface area contributed by atoms with E-state index in [1.165, 1.54) is 0 Å². The van der Waals surface area contributed by atoms with Crippen molar-refractivity contribution in [3.8, 4) is 5.75 Å². The fraction of sp³-hybridized carbons (Fsp3) is 0.346. The van der Waals surface area contributed by atoms with Crippen molar-refractivity contribution in [1.29, 1.82) is 0 Å². The lowest BCUT2D eigenvalue weighted by molar-refractivity contribution is 0.102. The lowest BCUT2D eigenvalue weighted by atomic mass is 9.78. The number of hydrogen-bond donors (Lipinski definition) is 4. The van der Waals surface area contributed by atoms with Crippen LogP contribution in [0, 0.1) is 0 Å². The monoisotopic (exact) mass is 451 g/mol. The molecule has 170 valence electrons. The average molecular weight is 452 g/mol. The van der Waals surface area contributed by atoms with Gasteiger partial charge in [0.1, 0.15) is 11.9 Å². The second-order valence-corrected chi connectivity index (χ2v) is 11.1. The zero-order chi connectivity index (χ0) is 23.7. The van der Waals surface area contributed by atoms with Gasteiger partial charge in [0.05, 0.1) is 0 Å². The van der Waals surface area contributed by atoms with Crippen LogP contribution >= 0.6 is 11.3 Å². The number of anilines is 2. The van der Waals surface area contributed by atoms with E-state index in [0.717, 1.165) is 21.7 Å². The third-order valence-corrected chi connectivity index (χ3v) is 6.26. The molecule has 0 aliphatic rings. The molecule has 5 N–H and O–H groups in total. The van der Waals surface area contributed by atoms with Crippen LogP contribution in [-0.2, 0) is 10.8 Å². The first-order valence-corrected chi connectivity index (χ1v) is 11.6. The number of phenolic OH excluding ortho intramolecular Hbond substituents is 1. The highest BCUT2D eigenvalue weighted by Crippen LogP contribution is 2.40. The molecule has 1 unspecified atom stereocenters. The van der Waals surface area contributed by atoms with E-state index in [1.807, 2.05) is 83.3 Å². The molecule has 0 aliphatic carbocycles. The maximum atomic E-state index is 13.1. The van der Waals surface area contributed by atoms with Crippen LogP contribution in [-0.4, -0.2) is 11.0 Å². The van der Waals surface area contributed by atoms with Crippen molar-refractivity contribution >= 4 is 28.6 Å². The van der Waals surface area contributed by atoms with Gasteiger partial charge >= 0.3 is 0 Å². The highest BCUT2D eigenvalue weighted by molar-refractivity contribution is 7.10. The standard InChI is InChI=1S/C26H33N3O2S/c1-25(2,3)19-14-16(15-20(22(19)30)26(4,5)6)24(31)29-18-11-9-17(10-12-18)28-23(27)21-8-7-13-32-21/h7-15,23,28,30H,27H2,1-6H3,(H,29,31). The zero-order valence-corrected chi connectivity index (χ0v) is 20.4. The molecule has 3 aromatic rings. The van der Waals surface area contributed by atoms with E-state index in [9.17, 15) is 9.90 Å². The Morgan fingerprint density at radius 1 is 0.938 bits per heavy atom. The third kappa shape index (κ3) is 5.50. The summed E-state index contributed by atoms with van der Waals surface area (Å²) in [5, 5.41) is 19.1. The number of carbonyl (C=O) groups is 1. The lowest BCUT2D eigenvalue weighted by Gasteiger charge is -2.28. The highest BCUT2D eigenvalue weighted by atomic mass is 32.1. The van der Waals surface area contributed by atoms with Crippen molar-refractivity contribution < 1.29 is 9.90 Å². The molecule has 2 aromatic carbocycles. The van der Waals surface area contributed by atoms with Crippen LogP contribution in [0.25, 0.3) is 0 Å². The number of phenols is 1. The average Bonchev–Trinajstić information content (AvgIpc) is 3.22. The van der Waals surface area contributed by atoms with E-state index in [-0.39, 0.29) is 28.7 Å². The van der Waals surface area contributed by atoms with Gasteiger partial charge in [0.2, 0.25) is 0 Å². The van der Waals surface area contributed by atoms with Gasteiger partial charge in [0, 0.05) is 32.9 Å². The molecule has 1 atom stereocenters. The lowest BCUT2D eigenvalue weighted by Crippen LogP contribution is -2.21. The number of rotatable bonds is 5. The smallest absolute Gasteiger partial charge is 0.255 e. The summed E-state index contributed by atoms with van der Waals surface area (Å²) in [4.78, 5) is 14.1. The molecular weight excluding hydrogens is 418 g/mol. The first kappa shape index (κ1) is 23.8. The maximum absolute atomic E-state index is 13.1. The van der Waals surface area contributed by atoms with Crippen LogP contribution in [0.2, 0.25) is 0 Å². The minimum absolute atomic E-state index is 0.211. The number of amides is 1. The minimum atomic E-state index is -0.297. The molecule has 5 nitrogen and oxygen atoms in total. The number of benzene rings is 2. The van der Waals surface area contributed by atoms with Crippen molar-refractivity contribution in [2.75, 3.05) is 10.6 Å². The van der Waals surface area contributed by atoms with E-state index in [4.69, 9.17) is 5.73 Å². The summed E-state index contributed by atoms with van der Waals surface area (Å²) in [6.07, 6.45) is -0.279. The second kappa shape index (κ2) is 8.96. The van der Waals surface area contributed by atoms with Crippen LogP contribution in [0.15, 0.2) is 53.9 Å². The van der Waals surface area contributed by atoms with Gasteiger partial charge in [-0.1, -0.05) is 47.6 Å². The molecule has 0 saturated heterocycles. The SMILES string of the molecule is CC(C)(C)c1cc(C(=O)Nc2ccc(NC(N)c3cccs3)cc2)cc(C(C)(C)C)c1O. The largest absolute Gasteiger partial charge is 0.507 e. The molecular formula is C26H33N3O2S. The quantitative estimate of drug-likeness (QED) is 0.339. The Balaban J connectivity index is 1.81. The van der Waals surface area contributed by atoms with Crippen molar-refractivity contribution in [3.05, 3.63) is 75.5 Å². The normalized spacial score (nSPS) is 13.0. The molecule has 0 bridgehead atoms. The summed E-state index contributed by atoms with van der Waals surface area (Å²) in [5.74, 6) is 0.0519. The number of carbonyl (C=O) groups excluding carboxylic acids is 1. The molecule has 32 heavy (non-hydrogen) atoms. The summed E-state index contributed by atoms with van der Waals surface area (Å²) in [7, 11) is 0. The van der Waals surface area contributed by atoms with Gasteiger partial charge in [-0.2, -0.15) is 0 Å². The van der Waals surface area contributed by atoms with Crippen molar-refractivity contribution in [3.63, 3.8) is 0 Å². The van der Waals surface area contributed by atoms with Gasteiger partial charge in [-0.25, -0.2) is 0 Å². The summed E-state index contributed by atoms with van der Waals surface area (Å²) in [5.41, 5.74) is 9.20. The van der Waals surface area contributed by atoms with E-state index in [1.54, 1.807) is 23.5 Å². The van der Waals surface area contributed by atoms with Gasteiger partial charge < -0.3 is 21.5 Å². The van der Waals surface area contributed by atoms with E-state index in [2.05, 4.69) is 10.6 Å². The summed E-state index contributed by atoms with van der Waals surface area (Å²) in [6, 6.07) is 15.0. The van der Waals surface area contributed by atoms with Crippen LogP contribution < -0.4 is 16.4 Å². The Morgan fingerprint density at radius 2 is 1.47 bits per heavy atom. The predicted molar refractivity (Wildman–Crippen MR) is 135 cm³/mol. The third-order valence-electron chi connectivity index (χ3n) is 5.30. The van der Waals surface area contributed by atoms with E-state index >= 15 is 0 Å². The Hall–Kier alpha value is -2.83. The summed E-state index contributed by atoms with van der Waals surface area (Å²) >= 11 is 1.60. The number of thiophene rings is 1. The Kier molecular flexibility index (Phi) is 6.67. The fourth-order valence-corrected chi connectivity index (χ4v) is 4.16. The van der Waals surface area contributed by atoms with Crippen LogP contribution in [0.5, 0.6) is 5.75 Å². The molecule has 0 saturated carbocycles. The first-order chi connectivity index (χ1) is 14.9. The summed E-state index contributed by atoms with van der Waals surface area (Å²) < 4.78 is 0. The molecule has 0 aliphatic heterocycles. The molecule has 0 spiro atoms. The Bertz CT molecular complexity index is 1040. The van der Waals surface area contributed by atoms with Gasteiger partial charge in [-0.05, 0) is 58.7 Å². The predicted octanol–water partition coefficient (Wildman–Crippen LogP) is 6.37. The van der Waals surface area contributed by atoms with Crippen molar-refractivity contribution in [1.82, 2.24) is 0 Å². The van der Waals surface area contributed by atoms with E-state index in [0.29, 0.717) is 11.3 Å². The zero-order valence-electron chi connectivity index (χ0n) is 19.6. The molecule has 0 radical (unpaired) electrons. The number of aromatic hydroxyl groups is 1. The molecule has 6 heteroatoms. The number of nitrogens with one attached hydrogen (secondary N) is 2. The van der Waals surface area contributed by atoms with Crippen molar-refractivity contribution in [2.24, 2.45) is 5.73 Å². The summed E-state index contributed by atoms with van der Waals surface area (Å²) in [6.45, 7) is 12.2. The molecule has 1 heterocycles. The van der Waals surface area contributed by atoms with Crippen molar-refractivity contribution in [2.45, 2.75) is 58.5 Å². The maximum Gasteiger partial charge on any atom is 0.255 e. The fourth-order valence-electron chi connectivity index (χ4n) is 3.48. The number of hydrogen-bond acceptors (Lipinski definition) is 5.